The number of piperidine rings is 1. The third-order valence-electron chi connectivity index (χ3n) is 5.65. The van der Waals surface area contributed by atoms with Crippen LogP contribution in [0, 0.1) is 18.8 Å². The van der Waals surface area contributed by atoms with Gasteiger partial charge in [-0.3, -0.25) is 4.79 Å². The van der Waals surface area contributed by atoms with E-state index in [0.717, 1.165) is 50.1 Å². The second kappa shape index (κ2) is 9.02. The Labute approximate surface area is 168 Å². The van der Waals surface area contributed by atoms with Gasteiger partial charge >= 0.3 is 0 Å². The van der Waals surface area contributed by atoms with Crippen LogP contribution in [0.2, 0.25) is 0 Å². The summed E-state index contributed by atoms with van der Waals surface area (Å²) in [5.41, 5.74) is 2.26. The van der Waals surface area contributed by atoms with E-state index in [4.69, 9.17) is 12.2 Å². The van der Waals surface area contributed by atoms with Crippen LogP contribution in [0.25, 0.3) is 0 Å². The fourth-order valence-corrected chi connectivity index (χ4v) is 4.62. The summed E-state index contributed by atoms with van der Waals surface area (Å²) in [6.45, 7) is 12.8. The van der Waals surface area contributed by atoms with Crippen molar-refractivity contribution >= 4 is 28.9 Å². The van der Waals surface area contributed by atoms with Gasteiger partial charge in [0.05, 0.1) is 26.2 Å². The van der Waals surface area contributed by atoms with E-state index in [0.29, 0.717) is 24.3 Å². The molecule has 0 radical (unpaired) electrons. The number of carbonyl (C=O) groups excluding carboxylic acids is 1. The Morgan fingerprint density at radius 2 is 1.85 bits per heavy atom. The highest BCUT2D eigenvalue weighted by Gasteiger charge is 2.29. The van der Waals surface area contributed by atoms with Crippen molar-refractivity contribution in [2.75, 3.05) is 51.1 Å². The fourth-order valence-electron chi connectivity index (χ4n) is 4.32. The molecule has 1 aromatic carbocycles. The quantitative estimate of drug-likeness (QED) is 0.767. The highest BCUT2D eigenvalue weighted by atomic mass is 32.1. The minimum atomic E-state index is 0.317. The molecule has 2 saturated heterocycles. The highest BCUT2D eigenvalue weighted by molar-refractivity contribution is 7.80. The van der Waals surface area contributed by atoms with Crippen LogP contribution < -0.4 is 10.2 Å². The van der Waals surface area contributed by atoms with Crippen LogP contribution in [0.4, 0.5) is 5.69 Å². The largest absolute Gasteiger partial charge is 0.338 e. The number of nitrogens with one attached hydrogen (secondary N) is 2. The maximum absolute atomic E-state index is 12.7. The summed E-state index contributed by atoms with van der Waals surface area (Å²) < 4.78 is 0. The van der Waals surface area contributed by atoms with Gasteiger partial charge in [-0.1, -0.05) is 26.0 Å². The lowest BCUT2D eigenvalue weighted by molar-refractivity contribution is -0.896. The summed E-state index contributed by atoms with van der Waals surface area (Å²) in [7, 11) is 0. The van der Waals surface area contributed by atoms with E-state index in [1.165, 1.54) is 16.9 Å². The van der Waals surface area contributed by atoms with Gasteiger partial charge in [0.25, 0.3) is 5.91 Å². The number of nitrogens with zero attached hydrogens (tertiary/aromatic N) is 2. The predicted molar refractivity (Wildman–Crippen MR) is 114 cm³/mol. The molecule has 0 unspecified atom stereocenters. The van der Waals surface area contributed by atoms with Crippen molar-refractivity contribution in [2.45, 2.75) is 27.2 Å². The SMILES string of the molecule is Cc1cccc(NC(=S)N2CC[NH+](CC(=O)N3C[C@@H](C)C[C@H](C)C3)CC2)c1. The molecule has 2 heterocycles. The summed E-state index contributed by atoms with van der Waals surface area (Å²) in [4.78, 5) is 18.4. The van der Waals surface area contributed by atoms with Crippen molar-refractivity contribution in [2.24, 2.45) is 11.8 Å². The monoisotopic (exact) mass is 389 g/mol. The van der Waals surface area contributed by atoms with Crippen molar-refractivity contribution in [1.82, 2.24) is 9.80 Å². The molecule has 0 aliphatic carbocycles. The Kier molecular flexibility index (Phi) is 6.71. The summed E-state index contributed by atoms with van der Waals surface area (Å²) in [5, 5.41) is 4.12. The topological polar surface area (TPSA) is 40.0 Å². The molecule has 0 spiro atoms. The maximum atomic E-state index is 12.7. The molecule has 2 fully saturated rings. The van der Waals surface area contributed by atoms with E-state index in [1.54, 1.807) is 0 Å². The molecule has 6 heteroatoms. The number of carbonyl (C=O) groups is 1. The number of benzene rings is 1. The number of hydrogen-bond donors (Lipinski definition) is 2. The summed E-state index contributed by atoms with van der Waals surface area (Å²) in [6.07, 6.45) is 1.24. The van der Waals surface area contributed by atoms with Crippen molar-refractivity contribution in [3.8, 4) is 0 Å². The number of thiocarbonyl (C=S) groups is 1. The number of rotatable bonds is 3. The maximum Gasteiger partial charge on any atom is 0.277 e. The molecule has 1 amide bonds. The van der Waals surface area contributed by atoms with Gasteiger partial charge in [-0.2, -0.15) is 0 Å². The summed E-state index contributed by atoms with van der Waals surface area (Å²) in [5.74, 6) is 1.56. The van der Waals surface area contributed by atoms with E-state index in [2.05, 4.69) is 48.0 Å². The minimum absolute atomic E-state index is 0.317. The smallest absolute Gasteiger partial charge is 0.277 e. The van der Waals surface area contributed by atoms with E-state index < -0.39 is 0 Å². The molecule has 3 rings (SSSR count). The first-order chi connectivity index (χ1) is 12.9. The van der Waals surface area contributed by atoms with Gasteiger partial charge in [0.2, 0.25) is 0 Å². The lowest BCUT2D eigenvalue weighted by atomic mass is 9.92. The Hall–Kier alpha value is -1.66. The van der Waals surface area contributed by atoms with Crippen LogP contribution in [0.3, 0.4) is 0 Å². The number of hydrogen-bond acceptors (Lipinski definition) is 2. The normalized spacial score (nSPS) is 24.0. The first-order valence-electron chi connectivity index (χ1n) is 10.1. The Morgan fingerprint density at radius 3 is 2.48 bits per heavy atom. The van der Waals surface area contributed by atoms with Gasteiger partial charge in [0.1, 0.15) is 0 Å². The van der Waals surface area contributed by atoms with Crippen LogP contribution in [-0.2, 0) is 4.79 Å². The van der Waals surface area contributed by atoms with Crippen molar-refractivity contribution in [1.29, 1.82) is 0 Å². The average molecular weight is 390 g/mol. The molecule has 27 heavy (non-hydrogen) atoms. The zero-order chi connectivity index (χ0) is 19.4. The van der Waals surface area contributed by atoms with Gasteiger partial charge < -0.3 is 20.0 Å². The molecule has 2 atom stereocenters. The molecule has 1 aromatic rings. The second-order valence-corrected chi connectivity index (χ2v) is 8.84. The highest BCUT2D eigenvalue weighted by Crippen LogP contribution is 2.20. The standard InChI is InChI=1S/C21H32N4OS/c1-16-5-4-6-19(12-16)22-21(27)24-9-7-23(8-10-24)15-20(26)25-13-17(2)11-18(3)14-25/h4-6,12,17-18H,7-11,13-15H2,1-3H3,(H,22,27)/p+1/t17-,18-/m0/s1. The Bertz CT molecular complexity index is 662. The summed E-state index contributed by atoms with van der Waals surface area (Å²) >= 11 is 5.58. The van der Waals surface area contributed by atoms with Crippen LogP contribution in [0.15, 0.2) is 24.3 Å². The molecule has 5 nitrogen and oxygen atoms in total. The average Bonchev–Trinajstić information content (AvgIpc) is 2.61. The van der Waals surface area contributed by atoms with Gasteiger partial charge in [0, 0.05) is 18.8 Å². The van der Waals surface area contributed by atoms with E-state index >= 15 is 0 Å². The molecule has 0 aromatic heterocycles. The molecule has 2 aliphatic heterocycles. The van der Waals surface area contributed by atoms with Crippen LogP contribution in [0.1, 0.15) is 25.8 Å². The minimum Gasteiger partial charge on any atom is -0.338 e. The first kappa shape index (κ1) is 20.1. The number of anilines is 1. The van der Waals surface area contributed by atoms with Gasteiger partial charge in [0.15, 0.2) is 11.7 Å². The fraction of sp³-hybridized carbons (Fsp3) is 0.619. The Balaban J connectivity index is 1.44. The number of amides is 1. The molecule has 2 N–H and O–H groups in total. The third-order valence-corrected chi connectivity index (χ3v) is 6.01. The molecule has 2 aliphatic rings. The molecule has 0 saturated carbocycles. The molecular formula is C21H33N4OS+. The summed E-state index contributed by atoms with van der Waals surface area (Å²) in [6, 6.07) is 8.26. The number of quaternary nitrogens is 1. The lowest BCUT2D eigenvalue weighted by Gasteiger charge is -2.37. The van der Waals surface area contributed by atoms with Gasteiger partial charge in [-0.05, 0) is 55.1 Å². The lowest BCUT2D eigenvalue weighted by Crippen LogP contribution is -3.15. The van der Waals surface area contributed by atoms with Crippen LogP contribution >= 0.6 is 12.2 Å². The molecule has 0 bridgehead atoms. The second-order valence-electron chi connectivity index (χ2n) is 8.46. The zero-order valence-corrected chi connectivity index (χ0v) is 17.6. The zero-order valence-electron chi connectivity index (χ0n) is 16.8. The molecule has 148 valence electrons. The van der Waals surface area contributed by atoms with E-state index in [9.17, 15) is 4.79 Å². The Morgan fingerprint density at radius 1 is 1.19 bits per heavy atom. The van der Waals surface area contributed by atoms with Crippen molar-refractivity contribution in [3.63, 3.8) is 0 Å². The van der Waals surface area contributed by atoms with E-state index in [1.807, 2.05) is 12.1 Å². The van der Waals surface area contributed by atoms with Crippen molar-refractivity contribution < 1.29 is 9.69 Å². The first-order valence-corrected chi connectivity index (χ1v) is 10.6. The van der Waals surface area contributed by atoms with Gasteiger partial charge in [-0.15, -0.1) is 0 Å². The number of piperazine rings is 1. The molecular weight excluding hydrogens is 356 g/mol. The van der Waals surface area contributed by atoms with Crippen molar-refractivity contribution in [3.05, 3.63) is 29.8 Å². The van der Waals surface area contributed by atoms with E-state index in [-0.39, 0.29) is 0 Å². The third kappa shape index (κ3) is 5.66. The van der Waals surface area contributed by atoms with Crippen LogP contribution in [0.5, 0.6) is 0 Å². The number of aryl methyl sites for hydroxylation is 1. The number of likely N-dealkylation sites (tertiary alicyclic amines) is 1. The predicted octanol–water partition coefficient (Wildman–Crippen LogP) is 1.40. The van der Waals surface area contributed by atoms with Gasteiger partial charge in [-0.25, -0.2) is 0 Å². The van der Waals surface area contributed by atoms with Crippen LogP contribution in [-0.4, -0.2) is 66.6 Å².